The number of ether oxygens (including phenoxy) is 2. The number of carbonyl (C=O) groups excluding carboxylic acids is 2. The van der Waals surface area contributed by atoms with Crippen molar-refractivity contribution in [3.05, 3.63) is 54.1 Å². The zero-order valence-electron chi connectivity index (χ0n) is 16.7. The van der Waals surface area contributed by atoms with E-state index in [1.54, 1.807) is 57.4 Å². The van der Waals surface area contributed by atoms with Crippen LogP contribution >= 0.6 is 0 Å². The van der Waals surface area contributed by atoms with Gasteiger partial charge in [0.2, 0.25) is 11.8 Å². The molecule has 2 N–H and O–H groups in total. The molecule has 0 heterocycles. The van der Waals surface area contributed by atoms with Gasteiger partial charge in [-0.15, -0.1) is 0 Å². The van der Waals surface area contributed by atoms with E-state index in [0.717, 1.165) is 11.3 Å². The van der Waals surface area contributed by atoms with E-state index >= 15 is 0 Å². The van der Waals surface area contributed by atoms with E-state index in [0.29, 0.717) is 18.0 Å². The minimum Gasteiger partial charge on any atom is -0.497 e. The highest BCUT2D eigenvalue weighted by Crippen LogP contribution is 2.16. The molecular weight excluding hydrogens is 358 g/mol. The van der Waals surface area contributed by atoms with E-state index in [4.69, 9.17) is 9.47 Å². The first-order valence-electron chi connectivity index (χ1n) is 8.97. The summed E-state index contributed by atoms with van der Waals surface area (Å²) in [6.07, 6.45) is 0. The van der Waals surface area contributed by atoms with Crippen molar-refractivity contribution in [2.45, 2.75) is 19.5 Å². The Morgan fingerprint density at radius 3 is 2.36 bits per heavy atom. The van der Waals surface area contributed by atoms with Gasteiger partial charge in [0.25, 0.3) is 0 Å². The molecule has 1 atom stereocenters. The molecule has 7 heteroatoms. The van der Waals surface area contributed by atoms with Crippen molar-refractivity contribution < 1.29 is 19.1 Å². The molecule has 0 aliphatic heterocycles. The molecule has 2 aromatic carbocycles. The fraction of sp³-hybridized carbons (Fsp3) is 0.333. The predicted octanol–water partition coefficient (Wildman–Crippen LogP) is 2.28. The van der Waals surface area contributed by atoms with Crippen molar-refractivity contribution in [1.82, 2.24) is 10.2 Å². The highest BCUT2D eigenvalue weighted by atomic mass is 16.5. The molecule has 7 nitrogen and oxygen atoms in total. The molecule has 150 valence electrons. The molecule has 0 bridgehead atoms. The Bertz CT molecular complexity index is 792. The molecular formula is C21H27N3O4. The van der Waals surface area contributed by atoms with E-state index < -0.39 is 6.04 Å². The first-order valence-corrected chi connectivity index (χ1v) is 8.97. The van der Waals surface area contributed by atoms with E-state index in [-0.39, 0.29) is 18.4 Å². The summed E-state index contributed by atoms with van der Waals surface area (Å²) in [4.78, 5) is 26.3. The second-order valence-electron chi connectivity index (χ2n) is 6.44. The highest BCUT2D eigenvalue weighted by molar-refractivity contribution is 5.93. The summed E-state index contributed by atoms with van der Waals surface area (Å²) in [5.41, 5.74) is 1.62. The van der Waals surface area contributed by atoms with Gasteiger partial charge in [-0.2, -0.15) is 0 Å². The van der Waals surface area contributed by atoms with E-state index in [1.807, 2.05) is 24.3 Å². The zero-order chi connectivity index (χ0) is 20.5. The number of hydrogen-bond donors (Lipinski definition) is 2. The van der Waals surface area contributed by atoms with Crippen LogP contribution in [-0.4, -0.2) is 50.6 Å². The minimum atomic E-state index is -0.450. The van der Waals surface area contributed by atoms with Crippen LogP contribution in [0.25, 0.3) is 0 Å². The number of anilines is 1. The average molecular weight is 385 g/mol. The molecule has 0 saturated carbocycles. The summed E-state index contributed by atoms with van der Waals surface area (Å²) in [7, 11) is 4.92. The van der Waals surface area contributed by atoms with Gasteiger partial charge < -0.3 is 20.1 Å². The summed E-state index contributed by atoms with van der Waals surface area (Å²) in [6, 6.07) is 14.2. The fourth-order valence-corrected chi connectivity index (χ4v) is 2.55. The standard InChI is InChI=1S/C21H27N3O4/c1-15(21(26)22-13-16-8-10-18(27-3)11-9-16)24(2)14-20(25)23-17-6-5-7-19(12-17)28-4/h5-12,15H,13-14H2,1-4H3,(H,22,26)(H,23,25)/t15-/m0/s1. The molecule has 0 unspecified atom stereocenters. The van der Waals surface area contributed by atoms with Crippen LogP contribution in [0.2, 0.25) is 0 Å². The zero-order valence-corrected chi connectivity index (χ0v) is 16.7. The highest BCUT2D eigenvalue weighted by Gasteiger charge is 2.20. The Kier molecular flexibility index (Phi) is 7.83. The lowest BCUT2D eigenvalue weighted by atomic mass is 10.2. The third-order valence-corrected chi connectivity index (χ3v) is 4.41. The number of carbonyl (C=O) groups is 2. The summed E-state index contributed by atoms with van der Waals surface area (Å²) in [5, 5.41) is 5.69. The van der Waals surface area contributed by atoms with Gasteiger partial charge >= 0.3 is 0 Å². The van der Waals surface area contributed by atoms with Crippen molar-refractivity contribution in [1.29, 1.82) is 0 Å². The Hall–Kier alpha value is -3.06. The van der Waals surface area contributed by atoms with E-state index in [1.165, 1.54) is 0 Å². The second-order valence-corrected chi connectivity index (χ2v) is 6.44. The molecule has 2 aromatic rings. The Labute approximate surface area is 165 Å². The number of nitrogens with zero attached hydrogens (tertiary/aromatic N) is 1. The topological polar surface area (TPSA) is 79.9 Å². The number of methoxy groups -OCH3 is 2. The van der Waals surface area contributed by atoms with Gasteiger partial charge in [0.1, 0.15) is 11.5 Å². The van der Waals surface area contributed by atoms with E-state index in [2.05, 4.69) is 10.6 Å². The van der Waals surface area contributed by atoms with Crippen molar-refractivity contribution in [2.24, 2.45) is 0 Å². The molecule has 2 amide bonds. The minimum absolute atomic E-state index is 0.0916. The van der Waals surface area contributed by atoms with Crippen molar-refractivity contribution in [3.8, 4) is 11.5 Å². The molecule has 0 saturated heterocycles. The van der Waals surface area contributed by atoms with Crippen molar-refractivity contribution >= 4 is 17.5 Å². The number of hydrogen-bond acceptors (Lipinski definition) is 5. The van der Waals surface area contributed by atoms with Gasteiger partial charge in [-0.3, -0.25) is 14.5 Å². The number of nitrogens with one attached hydrogen (secondary N) is 2. The maximum Gasteiger partial charge on any atom is 0.238 e. The van der Waals surface area contributed by atoms with Crippen LogP contribution in [0.15, 0.2) is 48.5 Å². The van der Waals surface area contributed by atoms with Gasteiger partial charge in [0, 0.05) is 18.3 Å². The predicted molar refractivity (Wildman–Crippen MR) is 109 cm³/mol. The van der Waals surface area contributed by atoms with Crippen LogP contribution in [0.5, 0.6) is 11.5 Å². The molecule has 0 spiro atoms. The second kappa shape index (κ2) is 10.3. The maximum atomic E-state index is 12.4. The van der Waals surface area contributed by atoms with Crippen molar-refractivity contribution in [3.63, 3.8) is 0 Å². The SMILES string of the molecule is COc1ccc(CNC(=O)[C@H](C)N(C)CC(=O)Nc2cccc(OC)c2)cc1. The molecule has 0 aromatic heterocycles. The average Bonchev–Trinajstić information content (AvgIpc) is 2.71. The quantitative estimate of drug-likeness (QED) is 0.692. The number of benzene rings is 2. The largest absolute Gasteiger partial charge is 0.497 e. The van der Waals surface area contributed by atoms with Gasteiger partial charge in [-0.25, -0.2) is 0 Å². The Balaban J connectivity index is 1.81. The van der Waals surface area contributed by atoms with Crippen LogP contribution < -0.4 is 20.1 Å². The third kappa shape index (κ3) is 6.28. The van der Waals surface area contributed by atoms with Gasteiger partial charge in [0.05, 0.1) is 26.8 Å². The summed E-state index contributed by atoms with van der Waals surface area (Å²) >= 11 is 0. The number of rotatable bonds is 9. The first kappa shape index (κ1) is 21.2. The lowest BCUT2D eigenvalue weighted by Crippen LogP contribution is -2.45. The summed E-state index contributed by atoms with van der Waals surface area (Å²) in [5.74, 6) is 1.08. The Morgan fingerprint density at radius 1 is 1.04 bits per heavy atom. The monoisotopic (exact) mass is 385 g/mol. The fourth-order valence-electron chi connectivity index (χ4n) is 2.55. The van der Waals surface area contributed by atoms with Crippen LogP contribution in [0.3, 0.4) is 0 Å². The summed E-state index contributed by atoms with van der Waals surface area (Å²) < 4.78 is 10.3. The molecule has 0 radical (unpaired) electrons. The molecule has 0 aliphatic rings. The van der Waals surface area contributed by atoms with Crippen molar-refractivity contribution in [2.75, 3.05) is 33.1 Å². The molecule has 0 aliphatic carbocycles. The summed E-state index contributed by atoms with van der Waals surface area (Å²) in [6.45, 7) is 2.27. The van der Waals surface area contributed by atoms with Gasteiger partial charge in [0.15, 0.2) is 0 Å². The van der Waals surface area contributed by atoms with Crippen LogP contribution in [0.4, 0.5) is 5.69 Å². The Morgan fingerprint density at radius 2 is 1.71 bits per heavy atom. The lowest BCUT2D eigenvalue weighted by molar-refractivity contribution is -0.126. The third-order valence-electron chi connectivity index (χ3n) is 4.41. The maximum absolute atomic E-state index is 12.4. The number of amides is 2. The molecule has 28 heavy (non-hydrogen) atoms. The normalized spacial score (nSPS) is 11.6. The first-order chi connectivity index (χ1) is 13.4. The van der Waals surface area contributed by atoms with Gasteiger partial charge in [-0.1, -0.05) is 18.2 Å². The van der Waals surface area contributed by atoms with Gasteiger partial charge in [-0.05, 0) is 43.8 Å². The molecule has 0 fully saturated rings. The van der Waals surface area contributed by atoms with E-state index in [9.17, 15) is 9.59 Å². The van der Waals surface area contributed by atoms with Crippen LogP contribution in [-0.2, 0) is 16.1 Å². The van der Waals surface area contributed by atoms with Crippen LogP contribution in [0.1, 0.15) is 12.5 Å². The lowest BCUT2D eigenvalue weighted by Gasteiger charge is -2.23. The van der Waals surface area contributed by atoms with Crippen LogP contribution in [0, 0.1) is 0 Å². The molecule has 2 rings (SSSR count). The number of likely N-dealkylation sites (N-methyl/N-ethyl adjacent to an activating group) is 1. The smallest absolute Gasteiger partial charge is 0.238 e.